The Morgan fingerprint density at radius 3 is 2.41 bits per heavy atom. The molecule has 0 aliphatic heterocycles. The van der Waals surface area contributed by atoms with Crippen LogP contribution in [0.25, 0.3) is 0 Å². The molecule has 0 saturated heterocycles. The van der Waals surface area contributed by atoms with E-state index in [2.05, 4.69) is 5.32 Å². The van der Waals surface area contributed by atoms with Gasteiger partial charge in [0.05, 0.1) is 5.75 Å². The van der Waals surface area contributed by atoms with Crippen LogP contribution in [0.3, 0.4) is 0 Å². The lowest BCUT2D eigenvalue weighted by molar-refractivity contribution is -0.121. The molecule has 0 fully saturated rings. The van der Waals surface area contributed by atoms with Crippen molar-refractivity contribution in [3.63, 3.8) is 0 Å². The number of rotatable bonds is 10. The quantitative estimate of drug-likeness (QED) is 0.561. The van der Waals surface area contributed by atoms with Crippen molar-refractivity contribution in [1.29, 1.82) is 0 Å². The summed E-state index contributed by atoms with van der Waals surface area (Å²) in [6, 6.07) is 0. The van der Waals surface area contributed by atoms with Crippen LogP contribution in [0.4, 0.5) is 0 Å². The number of nitrogens with one attached hydrogen (secondary N) is 1. The third-order valence-corrected chi connectivity index (χ3v) is 4.24. The number of sulfone groups is 1. The number of nitrogens with two attached hydrogens (primary N) is 1. The summed E-state index contributed by atoms with van der Waals surface area (Å²) in [5.41, 5.74) is 5.35. The molecule has 0 heterocycles. The standard InChI is InChI=1S/C11H24N2O3S/c1-2-17(15,16)10-9-13-11(14)7-5-3-4-6-8-12/h2-10,12H2,1H3,(H,13,14). The third-order valence-electron chi connectivity index (χ3n) is 2.53. The van der Waals surface area contributed by atoms with Gasteiger partial charge in [-0.2, -0.15) is 0 Å². The molecule has 1 amide bonds. The van der Waals surface area contributed by atoms with E-state index in [1.54, 1.807) is 6.92 Å². The Bertz CT molecular complexity index is 302. The van der Waals surface area contributed by atoms with Crippen LogP contribution in [-0.4, -0.2) is 38.9 Å². The molecule has 0 aromatic carbocycles. The van der Waals surface area contributed by atoms with E-state index in [0.29, 0.717) is 13.0 Å². The van der Waals surface area contributed by atoms with E-state index in [1.165, 1.54) is 0 Å². The second kappa shape index (κ2) is 9.41. The zero-order valence-corrected chi connectivity index (χ0v) is 11.4. The van der Waals surface area contributed by atoms with Crippen LogP contribution in [0.1, 0.15) is 39.0 Å². The van der Waals surface area contributed by atoms with Gasteiger partial charge in [-0.3, -0.25) is 4.79 Å². The van der Waals surface area contributed by atoms with Gasteiger partial charge < -0.3 is 11.1 Å². The molecule has 17 heavy (non-hydrogen) atoms. The number of amides is 1. The van der Waals surface area contributed by atoms with Gasteiger partial charge in [-0.15, -0.1) is 0 Å². The minimum atomic E-state index is -2.98. The predicted molar refractivity (Wildman–Crippen MR) is 69.5 cm³/mol. The molecule has 0 rings (SSSR count). The second-order valence-corrected chi connectivity index (χ2v) is 6.51. The van der Waals surface area contributed by atoms with Gasteiger partial charge >= 0.3 is 0 Å². The number of carbonyl (C=O) groups is 1. The first-order chi connectivity index (χ1) is 8.02. The van der Waals surface area contributed by atoms with Gasteiger partial charge in [0.1, 0.15) is 0 Å². The molecule has 0 bridgehead atoms. The maximum atomic E-state index is 11.3. The predicted octanol–water partition coefficient (Wildman–Crippen LogP) is 0.447. The van der Waals surface area contributed by atoms with Crippen LogP contribution in [0, 0.1) is 0 Å². The minimum Gasteiger partial charge on any atom is -0.355 e. The highest BCUT2D eigenvalue weighted by atomic mass is 32.2. The minimum absolute atomic E-state index is 0.0302. The topological polar surface area (TPSA) is 89.3 Å². The van der Waals surface area contributed by atoms with Crippen molar-refractivity contribution >= 4 is 15.7 Å². The molecular formula is C11H24N2O3S. The molecule has 0 atom stereocenters. The fourth-order valence-electron chi connectivity index (χ4n) is 1.36. The summed E-state index contributed by atoms with van der Waals surface area (Å²) in [6.07, 6.45) is 4.35. The summed E-state index contributed by atoms with van der Waals surface area (Å²) in [5, 5.41) is 2.62. The molecule has 0 saturated carbocycles. The molecular weight excluding hydrogens is 240 g/mol. The number of hydrogen-bond donors (Lipinski definition) is 2. The SMILES string of the molecule is CCS(=O)(=O)CCNC(=O)CCCCCCN. The lowest BCUT2D eigenvalue weighted by Crippen LogP contribution is -2.29. The molecule has 0 unspecified atom stereocenters. The number of unbranched alkanes of at least 4 members (excludes halogenated alkanes) is 3. The van der Waals surface area contributed by atoms with E-state index in [-0.39, 0.29) is 24.0 Å². The Kier molecular flexibility index (Phi) is 9.07. The van der Waals surface area contributed by atoms with Crippen molar-refractivity contribution in [1.82, 2.24) is 5.32 Å². The van der Waals surface area contributed by atoms with Gasteiger partial charge in [-0.05, 0) is 19.4 Å². The summed E-state index contributed by atoms with van der Waals surface area (Å²) in [6.45, 7) is 2.52. The average molecular weight is 264 g/mol. The fourth-order valence-corrected chi connectivity index (χ4v) is 2.06. The average Bonchev–Trinajstić information content (AvgIpc) is 2.28. The first-order valence-electron chi connectivity index (χ1n) is 6.19. The highest BCUT2D eigenvalue weighted by Gasteiger charge is 2.07. The smallest absolute Gasteiger partial charge is 0.220 e. The molecule has 3 N–H and O–H groups in total. The van der Waals surface area contributed by atoms with Crippen molar-refractivity contribution in [2.24, 2.45) is 5.73 Å². The molecule has 102 valence electrons. The number of carbonyl (C=O) groups excluding carboxylic acids is 1. The monoisotopic (exact) mass is 264 g/mol. The summed E-state index contributed by atoms with van der Waals surface area (Å²) in [5.74, 6) is 0.0914. The van der Waals surface area contributed by atoms with Crippen LogP contribution < -0.4 is 11.1 Å². The molecule has 5 nitrogen and oxygen atoms in total. The van der Waals surface area contributed by atoms with Crippen LogP contribution >= 0.6 is 0 Å². The van der Waals surface area contributed by atoms with Gasteiger partial charge in [0.15, 0.2) is 9.84 Å². The van der Waals surface area contributed by atoms with E-state index in [9.17, 15) is 13.2 Å². The Hall–Kier alpha value is -0.620. The summed E-state index contributed by atoms with van der Waals surface area (Å²) in [4.78, 5) is 11.3. The normalized spacial score (nSPS) is 11.4. The second-order valence-electron chi connectivity index (χ2n) is 4.04. The first-order valence-corrected chi connectivity index (χ1v) is 8.01. The molecule has 0 spiro atoms. The molecule has 0 aliphatic carbocycles. The number of hydrogen-bond acceptors (Lipinski definition) is 4. The first kappa shape index (κ1) is 16.4. The third kappa shape index (κ3) is 10.3. The van der Waals surface area contributed by atoms with Crippen LogP contribution in [0.2, 0.25) is 0 Å². The van der Waals surface area contributed by atoms with Crippen molar-refractivity contribution in [2.45, 2.75) is 39.0 Å². The molecule has 6 heteroatoms. The zero-order chi connectivity index (χ0) is 13.1. The van der Waals surface area contributed by atoms with E-state index in [1.807, 2.05) is 0 Å². The van der Waals surface area contributed by atoms with E-state index < -0.39 is 9.84 Å². The Morgan fingerprint density at radius 2 is 1.82 bits per heavy atom. The van der Waals surface area contributed by atoms with Gasteiger partial charge in [0, 0.05) is 18.7 Å². The largest absolute Gasteiger partial charge is 0.355 e. The highest BCUT2D eigenvalue weighted by molar-refractivity contribution is 7.91. The van der Waals surface area contributed by atoms with Crippen molar-refractivity contribution < 1.29 is 13.2 Å². The Balaban J connectivity index is 3.47. The maximum absolute atomic E-state index is 11.3. The Morgan fingerprint density at radius 1 is 1.18 bits per heavy atom. The Labute approximate surface area is 104 Å². The fraction of sp³-hybridized carbons (Fsp3) is 0.909. The van der Waals surface area contributed by atoms with Crippen molar-refractivity contribution in [2.75, 3.05) is 24.6 Å². The van der Waals surface area contributed by atoms with Gasteiger partial charge in [-0.25, -0.2) is 8.42 Å². The molecule has 0 aliphatic rings. The zero-order valence-electron chi connectivity index (χ0n) is 10.6. The van der Waals surface area contributed by atoms with Crippen molar-refractivity contribution in [3.05, 3.63) is 0 Å². The maximum Gasteiger partial charge on any atom is 0.220 e. The molecule has 0 radical (unpaired) electrons. The van der Waals surface area contributed by atoms with Crippen LogP contribution in [0.5, 0.6) is 0 Å². The van der Waals surface area contributed by atoms with Gasteiger partial charge in [-0.1, -0.05) is 19.8 Å². The van der Waals surface area contributed by atoms with E-state index in [4.69, 9.17) is 5.73 Å². The summed E-state index contributed by atoms with van der Waals surface area (Å²) in [7, 11) is -2.98. The van der Waals surface area contributed by atoms with Crippen molar-refractivity contribution in [3.8, 4) is 0 Å². The van der Waals surface area contributed by atoms with E-state index >= 15 is 0 Å². The highest BCUT2D eigenvalue weighted by Crippen LogP contribution is 2.01. The van der Waals surface area contributed by atoms with E-state index in [0.717, 1.165) is 25.7 Å². The summed E-state index contributed by atoms with van der Waals surface area (Å²) >= 11 is 0. The lowest BCUT2D eigenvalue weighted by atomic mass is 10.1. The summed E-state index contributed by atoms with van der Waals surface area (Å²) < 4.78 is 22.3. The molecule has 0 aromatic rings. The molecule has 0 aromatic heterocycles. The van der Waals surface area contributed by atoms with Crippen LogP contribution in [0.15, 0.2) is 0 Å². The van der Waals surface area contributed by atoms with Gasteiger partial charge in [0.2, 0.25) is 5.91 Å². The van der Waals surface area contributed by atoms with Crippen LogP contribution in [-0.2, 0) is 14.6 Å². The lowest BCUT2D eigenvalue weighted by Gasteiger charge is -2.05. The van der Waals surface area contributed by atoms with Gasteiger partial charge in [0.25, 0.3) is 0 Å².